The Morgan fingerprint density at radius 1 is 0.677 bits per heavy atom. The lowest BCUT2D eigenvalue weighted by Gasteiger charge is -2.43. The van der Waals surface area contributed by atoms with Gasteiger partial charge in [-0.3, -0.25) is 47.9 Å². The summed E-state index contributed by atoms with van der Waals surface area (Å²) in [7, 11) is 0. The van der Waals surface area contributed by atoms with Gasteiger partial charge in [0, 0.05) is 32.9 Å². The number of hydrogen-bond donors (Lipinski definition) is 6. The second-order valence-electron chi connectivity index (χ2n) is 18.1. The van der Waals surface area contributed by atoms with Crippen LogP contribution in [0.5, 0.6) is 0 Å². The predicted octanol–water partition coefficient (Wildman–Crippen LogP) is 1.26. The quantitative estimate of drug-likeness (QED) is 0.0455. The Kier molecular flexibility index (Phi) is 22.0. The summed E-state index contributed by atoms with van der Waals surface area (Å²) >= 11 is 0. The second-order valence-corrected chi connectivity index (χ2v) is 18.1. The molecule has 0 bridgehead atoms. The fraction of sp³-hybridized carbons (Fsp3) is 0.721. The molecule has 7 amide bonds. The number of rotatable bonds is 24. The summed E-state index contributed by atoms with van der Waals surface area (Å²) in [6.07, 6.45) is 1.35. The van der Waals surface area contributed by atoms with Gasteiger partial charge in [-0.1, -0.05) is 47.1 Å². The number of ketones is 1. The van der Waals surface area contributed by atoms with Crippen molar-refractivity contribution in [1.29, 1.82) is 0 Å². The lowest BCUT2D eigenvalue weighted by Crippen LogP contribution is -2.65. The highest BCUT2D eigenvalue weighted by Crippen LogP contribution is 2.22. The monoisotopic (exact) mass is 878 g/mol. The van der Waals surface area contributed by atoms with E-state index in [0.717, 1.165) is 0 Å². The molecular formula is C43H71N7O12. The van der Waals surface area contributed by atoms with E-state index in [4.69, 9.17) is 9.47 Å². The highest BCUT2D eigenvalue weighted by molar-refractivity contribution is 6.38. The first-order valence-corrected chi connectivity index (χ1v) is 21.3. The molecule has 350 valence electrons. The maximum atomic E-state index is 14.0. The number of carbonyl (C=O) groups is 10. The lowest BCUT2D eigenvalue weighted by molar-refractivity contribution is -0.156. The Morgan fingerprint density at radius 2 is 1.16 bits per heavy atom. The molecule has 1 unspecified atom stereocenters. The van der Waals surface area contributed by atoms with Crippen LogP contribution in [0.1, 0.15) is 128 Å². The van der Waals surface area contributed by atoms with Crippen molar-refractivity contribution in [3.05, 3.63) is 12.7 Å². The van der Waals surface area contributed by atoms with Crippen molar-refractivity contribution >= 4 is 59.1 Å². The van der Waals surface area contributed by atoms with E-state index < -0.39 is 118 Å². The zero-order chi connectivity index (χ0) is 47.7. The third-order valence-corrected chi connectivity index (χ3v) is 9.37. The van der Waals surface area contributed by atoms with Gasteiger partial charge in [-0.25, -0.2) is 0 Å². The average molecular weight is 878 g/mol. The normalized spacial score (nSPS) is 16.2. The number of carbonyl (C=O) groups excluding carboxylic acids is 10. The van der Waals surface area contributed by atoms with Gasteiger partial charge in [0.1, 0.15) is 41.4 Å². The van der Waals surface area contributed by atoms with E-state index in [1.54, 1.807) is 76.2 Å². The van der Waals surface area contributed by atoms with Crippen LogP contribution < -0.4 is 31.9 Å². The molecule has 0 saturated carbocycles. The van der Waals surface area contributed by atoms with Crippen LogP contribution in [0.25, 0.3) is 0 Å². The molecule has 0 aromatic carbocycles. The van der Waals surface area contributed by atoms with E-state index >= 15 is 0 Å². The van der Waals surface area contributed by atoms with Crippen LogP contribution in [-0.4, -0.2) is 125 Å². The first-order valence-electron chi connectivity index (χ1n) is 21.3. The molecule has 0 spiro atoms. The van der Waals surface area contributed by atoms with E-state index in [1.807, 2.05) is 0 Å². The molecule has 1 heterocycles. The number of hydrogen-bond acceptors (Lipinski definition) is 12. The number of nitrogens with one attached hydrogen (secondary N) is 6. The van der Waals surface area contributed by atoms with Crippen molar-refractivity contribution < 1.29 is 57.4 Å². The topological polar surface area (TPSA) is 265 Å². The zero-order valence-electron chi connectivity index (χ0n) is 38.6. The molecule has 6 atom stereocenters. The van der Waals surface area contributed by atoms with Crippen LogP contribution in [0.4, 0.5) is 0 Å². The Balaban J connectivity index is 3.30. The van der Waals surface area contributed by atoms with Gasteiger partial charge in [0.2, 0.25) is 41.2 Å². The Morgan fingerprint density at radius 3 is 1.58 bits per heavy atom. The van der Waals surface area contributed by atoms with Gasteiger partial charge >= 0.3 is 11.9 Å². The molecule has 19 nitrogen and oxygen atoms in total. The molecule has 0 aromatic heterocycles. The van der Waals surface area contributed by atoms with Crippen molar-refractivity contribution in [2.45, 2.75) is 175 Å². The predicted molar refractivity (Wildman–Crippen MR) is 228 cm³/mol. The number of amides is 7. The largest absolute Gasteiger partial charge is 0.460 e. The third-order valence-electron chi connectivity index (χ3n) is 9.37. The van der Waals surface area contributed by atoms with Crippen molar-refractivity contribution in [3.8, 4) is 0 Å². The first-order chi connectivity index (χ1) is 28.6. The minimum absolute atomic E-state index is 0.0657. The Hall–Kier alpha value is -5.36. The molecule has 0 aliphatic carbocycles. The van der Waals surface area contributed by atoms with Crippen LogP contribution in [0.3, 0.4) is 0 Å². The van der Waals surface area contributed by atoms with Crippen LogP contribution >= 0.6 is 0 Å². The molecule has 6 N–H and O–H groups in total. The average Bonchev–Trinajstić information content (AvgIpc) is 3.11. The summed E-state index contributed by atoms with van der Waals surface area (Å²) in [6.45, 7) is 23.4. The van der Waals surface area contributed by atoms with Crippen LogP contribution in [0, 0.1) is 11.8 Å². The summed E-state index contributed by atoms with van der Waals surface area (Å²) in [6, 6.07) is -7.20. The van der Waals surface area contributed by atoms with Gasteiger partial charge in [0.05, 0.1) is 6.04 Å². The molecule has 62 heavy (non-hydrogen) atoms. The molecule has 1 rings (SSSR count). The van der Waals surface area contributed by atoms with Gasteiger partial charge in [0.25, 0.3) is 5.91 Å². The number of Topliss-reactive ketones (excluding diaryl/α,β-unsaturated/α-hetero) is 1. The molecule has 1 aliphatic rings. The van der Waals surface area contributed by atoms with Crippen LogP contribution in [0.2, 0.25) is 0 Å². The zero-order valence-corrected chi connectivity index (χ0v) is 38.6. The molecule has 1 saturated heterocycles. The van der Waals surface area contributed by atoms with Crippen molar-refractivity contribution in [1.82, 2.24) is 36.8 Å². The number of likely N-dealkylation sites (tertiary alicyclic amines) is 1. The van der Waals surface area contributed by atoms with Crippen LogP contribution in [-0.2, 0) is 57.4 Å². The number of esters is 2. The SMILES string of the molecule is C=CCNC(=O)C(=O)C(CCC)NC(=O)[C@@H]1CCN1C(=O)[C@@H](NC(=O)[C@@H](NC(=O)[C@H](CCC(=O)OC(C)(C)C)NC(=O)[C@H](CCC(=O)OC(C)(C)C)NC(C)=O)C(C)C)C(C)C. The molecule has 0 radical (unpaired) electrons. The van der Waals surface area contributed by atoms with Gasteiger partial charge in [-0.05, 0) is 79.1 Å². The van der Waals surface area contributed by atoms with Crippen molar-refractivity contribution in [3.63, 3.8) is 0 Å². The van der Waals surface area contributed by atoms with E-state index in [0.29, 0.717) is 6.42 Å². The summed E-state index contributed by atoms with van der Waals surface area (Å²) < 4.78 is 10.7. The molecular weight excluding hydrogens is 807 g/mol. The highest BCUT2D eigenvalue weighted by Gasteiger charge is 2.43. The van der Waals surface area contributed by atoms with E-state index in [-0.39, 0.29) is 51.6 Å². The summed E-state index contributed by atoms with van der Waals surface area (Å²) in [5.41, 5.74) is -1.64. The van der Waals surface area contributed by atoms with Crippen molar-refractivity contribution in [2.75, 3.05) is 13.1 Å². The molecule has 0 aromatic rings. The summed E-state index contributed by atoms with van der Waals surface area (Å²) in [4.78, 5) is 133. The summed E-state index contributed by atoms with van der Waals surface area (Å²) in [5, 5.41) is 15.4. The first kappa shape index (κ1) is 54.7. The van der Waals surface area contributed by atoms with Crippen LogP contribution in [0.15, 0.2) is 12.7 Å². The van der Waals surface area contributed by atoms with Gasteiger partial charge in [-0.2, -0.15) is 0 Å². The second kappa shape index (κ2) is 24.9. The molecule has 1 aliphatic heterocycles. The fourth-order valence-corrected chi connectivity index (χ4v) is 6.25. The van der Waals surface area contributed by atoms with Gasteiger partial charge in [0.15, 0.2) is 0 Å². The molecule has 1 fully saturated rings. The standard InChI is InChI=1S/C43H71N7O12/c1-14-16-27(35(54)40(59)44-22-15-2)46-38(57)30-21-23-50(30)41(60)34(25(5)6)49-39(58)33(24(3)4)48-37(56)29(18-20-32(53)62-43(11,12)13)47-36(55)28(45-26(7)51)17-19-31(52)61-42(8,9)10/h15,24-25,27-30,33-34H,2,14,16-23H2,1,3-13H3,(H,44,59)(H,45,51)(H,46,57)(H,47,55)(H,48,56)(H,49,58)/t27?,28-,29-,30-,33-,34-/m0/s1. The third kappa shape index (κ3) is 19.1. The van der Waals surface area contributed by atoms with Gasteiger partial charge < -0.3 is 46.3 Å². The Labute approximate surface area is 365 Å². The van der Waals surface area contributed by atoms with E-state index in [2.05, 4.69) is 38.5 Å². The minimum Gasteiger partial charge on any atom is -0.460 e. The van der Waals surface area contributed by atoms with E-state index in [1.165, 1.54) is 17.9 Å². The summed E-state index contributed by atoms with van der Waals surface area (Å²) in [5.74, 6) is -8.26. The van der Waals surface area contributed by atoms with Gasteiger partial charge in [-0.15, -0.1) is 6.58 Å². The smallest absolute Gasteiger partial charge is 0.306 e. The maximum Gasteiger partial charge on any atom is 0.306 e. The van der Waals surface area contributed by atoms with Crippen molar-refractivity contribution in [2.24, 2.45) is 11.8 Å². The fourth-order valence-electron chi connectivity index (χ4n) is 6.25. The number of nitrogens with zero attached hydrogens (tertiary/aromatic N) is 1. The minimum atomic E-state index is -1.43. The highest BCUT2D eigenvalue weighted by atomic mass is 16.6. The van der Waals surface area contributed by atoms with E-state index in [9.17, 15) is 47.9 Å². The molecule has 19 heteroatoms. The Bertz CT molecular complexity index is 1650. The number of ether oxygens (including phenoxy) is 2. The maximum absolute atomic E-state index is 14.0. The lowest BCUT2D eigenvalue weighted by atomic mass is 9.94.